The number of imidazole rings is 1. The number of amides is 2. The lowest BCUT2D eigenvalue weighted by molar-refractivity contribution is -0.119. The van der Waals surface area contributed by atoms with Crippen molar-refractivity contribution in [1.29, 1.82) is 0 Å². The highest BCUT2D eigenvalue weighted by atomic mass is 16.5. The molecule has 0 saturated heterocycles. The highest BCUT2D eigenvalue weighted by Crippen LogP contribution is 2.32. The Morgan fingerprint density at radius 2 is 1.70 bits per heavy atom. The Morgan fingerprint density at radius 1 is 1.07 bits per heavy atom. The summed E-state index contributed by atoms with van der Waals surface area (Å²) in [5.74, 6) is -0.437. The summed E-state index contributed by atoms with van der Waals surface area (Å²) >= 11 is 0. The first-order valence-corrected chi connectivity index (χ1v) is 9.36. The molecule has 0 aliphatic rings. The van der Waals surface area contributed by atoms with Crippen LogP contribution in [0.15, 0.2) is 41.2 Å². The van der Waals surface area contributed by atoms with Gasteiger partial charge in [0.1, 0.15) is 11.5 Å². The first-order chi connectivity index (χ1) is 14.2. The molecule has 2 amide bonds. The molecule has 0 spiro atoms. The van der Waals surface area contributed by atoms with Gasteiger partial charge in [0.25, 0.3) is 11.8 Å². The zero-order valence-corrected chi connectivity index (χ0v) is 17.3. The van der Waals surface area contributed by atoms with E-state index in [9.17, 15) is 14.4 Å². The summed E-state index contributed by atoms with van der Waals surface area (Å²) in [4.78, 5) is 36.3. The number of nitrogens with one attached hydrogen (secondary N) is 1. The summed E-state index contributed by atoms with van der Waals surface area (Å²) in [5, 5.41) is 2.82. The second kappa shape index (κ2) is 8.32. The van der Waals surface area contributed by atoms with Crippen LogP contribution in [0.25, 0.3) is 11.0 Å². The molecule has 9 heteroatoms. The van der Waals surface area contributed by atoms with Crippen molar-refractivity contribution < 1.29 is 19.1 Å². The molecular formula is C21H24N4O5. The predicted octanol–water partition coefficient (Wildman–Crippen LogP) is 1.78. The Balaban J connectivity index is 2.02. The summed E-state index contributed by atoms with van der Waals surface area (Å²) in [6.07, 6.45) is -0.148. The number of aromatic nitrogens is 2. The number of carbonyl (C=O) groups excluding carboxylic acids is 2. The summed E-state index contributed by atoms with van der Waals surface area (Å²) in [5.41, 5.74) is 6.91. The van der Waals surface area contributed by atoms with E-state index in [1.165, 1.54) is 9.13 Å². The molecule has 0 aliphatic heterocycles. The van der Waals surface area contributed by atoms with E-state index in [4.69, 9.17) is 15.2 Å². The van der Waals surface area contributed by atoms with E-state index in [0.29, 0.717) is 22.5 Å². The van der Waals surface area contributed by atoms with Gasteiger partial charge in [-0.3, -0.25) is 18.7 Å². The van der Waals surface area contributed by atoms with E-state index in [0.717, 1.165) is 0 Å². The van der Waals surface area contributed by atoms with Crippen LogP contribution in [0, 0.1) is 0 Å². The highest BCUT2D eigenvalue weighted by Gasteiger charge is 2.19. The molecule has 3 aromatic rings. The average Bonchev–Trinajstić information content (AvgIpc) is 2.90. The first kappa shape index (κ1) is 21.0. The molecule has 158 valence electrons. The number of carbonyl (C=O) groups is 2. The Bertz CT molecular complexity index is 1180. The molecule has 0 bridgehead atoms. The Labute approximate surface area is 173 Å². The van der Waals surface area contributed by atoms with Crippen molar-refractivity contribution in [2.45, 2.75) is 20.0 Å². The van der Waals surface area contributed by atoms with Gasteiger partial charge in [-0.1, -0.05) is 12.1 Å². The molecule has 30 heavy (non-hydrogen) atoms. The third-order valence-electron chi connectivity index (χ3n) is 4.49. The van der Waals surface area contributed by atoms with Gasteiger partial charge in [0.15, 0.2) is 6.61 Å². The third-order valence-corrected chi connectivity index (χ3v) is 4.49. The van der Waals surface area contributed by atoms with Gasteiger partial charge in [-0.05, 0) is 32.0 Å². The summed E-state index contributed by atoms with van der Waals surface area (Å²) < 4.78 is 14.2. The SMILES string of the molecule is CC(C)Oc1cc2c(cc1NC(=O)c1ccccc1OCC(N)=O)n(C)c(=O)n2C. The number of anilines is 1. The van der Waals surface area contributed by atoms with E-state index in [-0.39, 0.29) is 29.7 Å². The zero-order chi connectivity index (χ0) is 22.0. The maximum Gasteiger partial charge on any atom is 0.328 e. The maximum absolute atomic E-state index is 13.0. The van der Waals surface area contributed by atoms with Crippen molar-refractivity contribution in [2.75, 3.05) is 11.9 Å². The Morgan fingerprint density at radius 3 is 2.33 bits per heavy atom. The first-order valence-electron chi connectivity index (χ1n) is 9.36. The average molecular weight is 412 g/mol. The number of hydrogen-bond donors (Lipinski definition) is 2. The van der Waals surface area contributed by atoms with Gasteiger partial charge in [0.05, 0.1) is 28.4 Å². The fourth-order valence-corrected chi connectivity index (χ4v) is 3.09. The molecule has 9 nitrogen and oxygen atoms in total. The molecule has 2 aromatic carbocycles. The molecular weight excluding hydrogens is 388 g/mol. The minimum atomic E-state index is -0.645. The van der Waals surface area contributed by atoms with Crippen LogP contribution >= 0.6 is 0 Å². The molecule has 1 heterocycles. The number of hydrogen-bond acceptors (Lipinski definition) is 5. The van der Waals surface area contributed by atoms with Gasteiger partial charge in [-0.25, -0.2) is 4.79 Å². The number of benzene rings is 2. The second-order valence-corrected chi connectivity index (χ2v) is 7.11. The number of primary amides is 1. The molecule has 0 fully saturated rings. The van der Waals surface area contributed by atoms with Crippen LogP contribution in [0.3, 0.4) is 0 Å². The molecule has 0 saturated carbocycles. The lowest BCUT2D eigenvalue weighted by Crippen LogP contribution is -2.21. The second-order valence-electron chi connectivity index (χ2n) is 7.11. The largest absolute Gasteiger partial charge is 0.489 e. The molecule has 0 unspecified atom stereocenters. The number of aryl methyl sites for hydroxylation is 2. The molecule has 3 rings (SSSR count). The topological polar surface area (TPSA) is 118 Å². The normalized spacial score (nSPS) is 11.0. The maximum atomic E-state index is 13.0. The smallest absolute Gasteiger partial charge is 0.328 e. The van der Waals surface area contributed by atoms with Gasteiger partial charge in [-0.15, -0.1) is 0 Å². The van der Waals surface area contributed by atoms with E-state index < -0.39 is 11.8 Å². The molecule has 0 atom stereocenters. The van der Waals surface area contributed by atoms with Crippen LogP contribution < -0.4 is 26.2 Å². The number of ether oxygens (including phenoxy) is 2. The monoisotopic (exact) mass is 412 g/mol. The van der Waals surface area contributed by atoms with E-state index in [2.05, 4.69) is 5.32 Å². The fraction of sp³-hybridized carbons (Fsp3) is 0.286. The molecule has 1 aromatic heterocycles. The summed E-state index contributed by atoms with van der Waals surface area (Å²) in [6.45, 7) is 3.39. The summed E-state index contributed by atoms with van der Waals surface area (Å²) in [7, 11) is 3.33. The van der Waals surface area contributed by atoms with Gasteiger partial charge >= 0.3 is 5.69 Å². The van der Waals surface area contributed by atoms with Crippen LogP contribution in [0.1, 0.15) is 24.2 Å². The number of fused-ring (bicyclic) bond motifs is 1. The van der Waals surface area contributed by atoms with Gasteiger partial charge in [-0.2, -0.15) is 0 Å². The lowest BCUT2D eigenvalue weighted by atomic mass is 10.1. The van der Waals surface area contributed by atoms with Crippen molar-refractivity contribution in [3.63, 3.8) is 0 Å². The van der Waals surface area contributed by atoms with Crippen LogP contribution in [0.5, 0.6) is 11.5 Å². The van der Waals surface area contributed by atoms with Crippen molar-refractivity contribution in [3.05, 3.63) is 52.4 Å². The van der Waals surface area contributed by atoms with E-state index >= 15 is 0 Å². The number of nitrogens with two attached hydrogens (primary N) is 1. The van der Waals surface area contributed by atoms with Crippen molar-refractivity contribution >= 4 is 28.5 Å². The quantitative estimate of drug-likeness (QED) is 0.613. The van der Waals surface area contributed by atoms with Gasteiger partial charge in [0.2, 0.25) is 0 Å². The van der Waals surface area contributed by atoms with E-state index in [1.807, 2.05) is 13.8 Å². The standard InChI is InChI=1S/C21H24N4O5/c1-12(2)30-18-10-16-15(24(3)21(28)25(16)4)9-14(18)23-20(27)13-7-5-6-8-17(13)29-11-19(22)26/h5-10,12H,11H2,1-4H3,(H2,22,26)(H,23,27). The Hall–Kier alpha value is -3.75. The van der Waals surface area contributed by atoms with Crippen molar-refractivity contribution in [1.82, 2.24) is 9.13 Å². The van der Waals surface area contributed by atoms with Crippen LogP contribution in [-0.2, 0) is 18.9 Å². The number of nitrogens with zero attached hydrogens (tertiary/aromatic N) is 2. The lowest BCUT2D eigenvalue weighted by Gasteiger charge is -2.16. The van der Waals surface area contributed by atoms with Crippen LogP contribution in [0.4, 0.5) is 5.69 Å². The van der Waals surface area contributed by atoms with Crippen molar-refractivity contribution in [3.8, 4) is 11.5 Å². The number of rotatable bonds is 7. The van der Waals surface area contributed by atoms with Gasteiger partial charge in [0, 0.05) is 20.2 Å². The molecule has 0 radical (unpaired) electrons. The molecule has 3 N–H and O–H groups in total. The van der Waals surface area contributed by atoms with Crippen molar-refractivity contribution in [2.24, 2.45) is 19.8 Å². The fourth-order valence-electron chi connectivity index (χ4n) is 3.09. The number of para-hydroxylation sites is 1. The third kappa shape index (κ3) is 4.14. The minimum absolute atomic E-state index is 0.148. The van der Waals surface area contributed by atoms with Gasteiger partial charge < -0.3 is 20.5 Å². The zero-order valence-electron chi connectivity index (χ0n) is 17.3. The Kier molecular flexibility index (Phi) is 5.81. The van der Waals surface area contributed by atoms with Crippen LogP contribution in [-0.4, -0.2) is 33.7 Å². The summed E-state index contributed by atoms with van der Waals surface area (Å²) in [6, 6.07) is 9.94. The highest BCUT2D eigenvalue weighted by molar-refractivity contribution is 6.07. The van der Waals surface area contributed by atoms with Crippen LogP contribution in [0.2, 0.25) is 0 Å². The predicted molar refractivity (Wildman–Crippen MR) is 113 cm³/mol. The molecule has 0 aliphatic carbocycles. The van der Waals surface area contributed by atoms with E-state index in [1.54, 1.807) is 50.5 Å². The minimum Gasteiger partial charge on any atom is -0.489 e.